The molecule has 2 fully saturated rings. The van der Waals surface area contributed by atoms with Crippen LogP contribution in [0.3, 0.4) is 0 Å². The highest BCUT2D eigenvalue weighted by molar-refractivity contribution is 5.36. The summed E-state index contributed by atoms with van der Waals surface area (Å²) in [4.78, 5) is 0. The van der Waals surface area contributed by atoms with Crippen LogP contribution < -0.4 is 5.73 Å². The lowest BCUT2D eigenvalue weighted by molar-refractivity contribution is 0.251. The van der Waals surface area contributed by atoms with Crippen molar-refractivity contribution < 1.29 is 5.11 Å². The molecule has 0 aliphatic heterocycles. The summed E-state index contributed by atoms with van der Waals surface area (Å²) in [6.45, 7) is 0.278. The third-order valence-corrected chi connectivity index (χ3v) is 4.47. The van der Waals surface area contributed by atoms with Crippen LogP contribution in [0.4, 0.5) is 0 Å². The molecule has 1 aromatic carbocycles. The van der Waals surface area contributed by atoms with E-state index in [1.54, 1.807) is 0 Å². The first kappa shape index (κ1) is 10.3. The molecule has 0 unspecified atom stereocenters. The summed E-state index contributed by atoms with van der Waals surface area (Å²) >= 11 is 0. The van der Waals surface area contributed by atoms with Crippen LogP contribution in [0.5, 0.6) is 0 Å². The van der Waals surface area contributed by atoms with E-state index >= 15 is 0 Å². The molecule has 0 radical (unpaired) electrons. The first-order valence-electron chi connectivity index (χ1n) is 6.19. The number of hydrogen-bond acceptors (Lipinski definition) is 2. The van der Waals surface area contributed by atoms with Crippen molar-refractivity contribution in [1.82, 2.24) is 0 Å². The van der Waals surface area contributed by atoms with E-state index < -0.39 is 0 Å². The summed E-state index contributed by atoms with van der Waals surface area (Å²) in [6.07, 6.45) is 5.71. The third kappa shape index (κ3) is 1.40. The van der Waals surface area contributed by atoms with Gasteiger partial charge < -0.3 is 10.8 Å². The van der Waals surface area contributed by atoms with Crippen LogP contribution in [0.1, 0.15) is 43.2 Å². The Morgan fingerprint density at radius 1 is 1.00 bits per heavy atom. The van der Waals surface area contributed by atoms with Crippen LogP contribution in [0.25, 0.3) is 0 Å². The minimum atomic E-state index is -0.0611. The molecule has 2 saturated carbocycles. The van der Waals surface area contributed by atoms with Gasteiger partial charge in [-0.25, -0.2) is 0 Å². The van der Waals surface area contributed by atoms with Crippen molar-refractivity contribution in [2.75, 3.05) is 6.61 Å². The Morgan fingerprint density at radius 3 is 1.94 bits per heavy atom. The molecule has 1 aromatic rings. The van der Waals surface area contributed by atoms with Crippen LogP contribution >= 0.6 is 0 Å². The van der Waals surface area contributed by atoms with E-state index in [1.165, 1.54) is 17.5 Å². The second-order valence-corrected chi connectivity index (χ2v) is 5.53. The molecule has 86 valence electrons. The van der Waals surface area contributed by atoms with Crippen molar-refractivity contribution in [1.29, 1.82) is 0 Å². The fourth-order valence-corrected chi connectivity index (χ4v) is 2.69. The minimum Gasteiger partial charge on any atom is -0.395 e. The van der Waals surface area contributed by atoms with Crippen LogP contribution in [0, 0.1) is 0 Å². The Balaban J connectivity index is 1.85. The molecule has 0 amide bonds. The Kier molecular flexibility index (Phi) is 2.13. The third-order valence-electron chi connectivity index (χ3n) is 4.47. The zero-order valence-electron chi connectivity index (χ0n) is 9.58. The van der Waals surface area contributed by atoms with Crippen molar-refractivity contribution in [3.63, 3.8) is 0 Å². The van der Waals surface area contributed by atoms with E-state index in [-0.39, 0.29) is 17.6 Å². The van der Waals surface area contributed by atoms with Crippen molar-refractivity contribution in [2.24, 2.45) is 5.73 Å². The molecule has 0 saturated heterocycles. The van der Waals surface area contributed by atoms with Crippen LogP contribution in [-0.4, -0.2) is 11.7 Å². The lowest BCUT2D eigenvalue weighted by atomic mass is 9.72. The van der Waals surface area contributed by atoms with Gasteiger partial charge in [0, 0.05) is 11.0 Å². The van der Waals surface area contributed by atoms with Gasteiger partial charge in [0.2, 0.25) is 0 Å². The second kappa shape index (κ2) is 3.31. The quantitative estimate of drug-likeness (QED) is 0.814. The molecule has 2 aliphatic carbocycles. The number of hydrogen-bond donors (Lipinski definition) is 2. The molecule has 2 heteroatoms. The maximum absolute atomic E-state index is 9.37. The second-order valence-electron chi connectivity index (χ2n) is 5.53. The Hall–Kier alpha value is -0.860. The summed E-state index contributed by atoms with van der Waals surface area (Å²) < 4.78 is 0. The van der Waals surface area contributed by atoms with Gasteiger partial charge in [-0.15, -0.1) is 0 Å². The molecule has 3 N–H and O–H groups in total. The molecular weight excluding hydrogens is 198 g/mol. The SMILES string of the molecule is NC1(c2ccc(C3(CO)CC3)cc2)CCC1. The van der Waals surface area contributed by atoms with E-state index in [0.29, 0.717) is 0 Å². The molecule has 0 bridgehead atoms. The number of aliphatic hydroxyl groups is 1. The maximum Gasteiger partial charge on any atom is 0.0527 e. The molecule has 16 heavy (non-hydrogen) atoms. The van der Waals surface area contributed by atoms with Gasteiger partial charge in [-0.1, -0.05) is 24.3 Å². The molecule has 2 aliphatic rings. The Labute approximate surface area is 96.5 Å². The topological polar surface area (TPSA) is 46.2 Å². The summed E-state index contributed by atoms with van der Waals surface area (Å²) in [6, 6.07) is 8.63. The first-order valence-corrected chi connectivity index (χ1v) is 6.19. The Morgan fingerprint density at radius 2 is 1.56 bits per heavy atom. The number of nitrogens with two attached hydrogens (primary N) is 1. The molecule has 0 aromatic heterocycles. The molecule has 0 heterocycles. The van der Waals surface area contributed by atoms with Gasteiger partial charge in [-0.3, -0.25) is 0 Å². The highest BCUT2D eigenvalue weighted by atomic mass is 16.3. The lowest BCUT2D eigenvalue weighted by Gasteiger charge is -2.38. The zero-order valence-corrected chi connectivity index (χ0v) is 9.58. The molecular formula is C14H19NO. The van der Waals surface area contributed by atoms with E-state index in [2.05, 4.69) is 24.3 Å². The van der Waals surface area contributed by atoms with Crippen molar-refractivity contribution in [3.8, 4) is 0 Å². The Bertz CT molecular complexity index is 364. The first-order chi connectivity index (χ1) is 7.69. The monoisotopic (exact) mass is 217 g/mol. The predicted molar refractivity (Wildman–Crippen MR) is 64.2 cm³/mol. The van der Waals surface area contributed by atoms with Gasteiger partial charge >= 0.3 is 0 Å². The van der Waals surface area contributed by atoms with E-state index in [0.717, 1.165) is 25.7 Å². The van der Waals surface area contributed by atoms with E-state index in [1.807, 2.05) is 0 Å². The highest BCUT2D eigenvalue weighted by Crippen LogP contribution is 2.48. The van der Waals surface area contributed by atoms with Crippen LogP contribution in [0.2, 0.25) is 0 Å². The van der Waals surface area contributed by atoms with Gasteiger partial charge in [-0.2, -0.15) is 0 Å². The van der Waals surface area contributed by atoms with Gasteiger partial charge in [0.1, 0.15) is 0 Å². The minimum absolute atomic E-state index is 0.0611. The molecule has 3 rings (SSSR count). The maximum atomic E-state index is 9.37. The van der Waals surface area contributed by atoms with Gasteiger partial charge in [0.25, 0.3) is 0 Å². The standard InChI is InChI=1S/C14H19NO/c15-14(6-1-7-14)12-4-2-11(3-5-12)13(10-16)8-9-13/h2-5,16H,1,6-10,15H2. The summed E-state index contributed by atoms with van der Waals surface area (Å²) in [7, 11) is 0. The van der Waals surface area contributed by atoms with Gasteiger partial charge in [-0.05, 0) is 43.2 Å². The smallest absolute Gasteiger partial charge is 0.0527 e. The summed E-state index contributed by atoms with van der Waals surface area (Å²) in [5, 5.41) is 9.37. The van der Waals surface area contributed by atoms with E-state index in [4.69, 9.17) is 5.73 Å². The normalized spacial score (nSPS) is 24.9. The van der Waals surface area contributed by atoms with Crippen molar-refractivity contribution in [2.45, 2.75) is 43.1 Å². The van der Waals surface area contributed by atoms with Crippen LogP contribution in [0.15, 0.2) is 24.3 Å². The molecule has 0 spiro atoms. The van der Waals surface area contributed by atoms with Gasteiger partial charge in [0.05, 0.1) is 6.61 Å². The molecule has 2 nitrogen and oxygen atoms in total. The molecule has 0 atom stereocenters. The fraction of sp³-hybridized carbons (Fsp3) is 0.571. The highest BCUT2D eigenvalue weighted by Gasteiger charge is 2.43. The average molecular weight is 217 g/mol. The number of aliphatic hydroxyl groups excluding tert-OH is 1. The van der Waals surface area contributed by atoms with Crippen LogP contribution in [-0.2, 0) is 11.0 Å². The summed E-state index contributed by atoms with van der Waals surface area (Å²) in [5.41, 5.74) is 8.84. The number of benzene rings is 1. The fourth-order valence-electron chi connectivity index (χ4n) is 2.69. The average Bonchev–Trinajstić information content (AvgIpc) is 3.07. The van der Waals surface area contributed by atoms with E-state index in [9.17, 15) is 5.11 Å². The summed E-state index contributed by atoms with van der Waals surface area (Å²) in [5.74, 6) is 0. The lowest BCUT2D eigenvalue weighted by Crippen LogP contribution is -2.43. The van der Waals surface area contributed by atoms with Gasteiger partial charge in [0.15, 0.2) is 0 Å². The van der Waals surface area contributed by atoms with Crippen molar-refractivity contribution >= 4 is 0 Å². The largest absolute Gasteiger partial charge is 0.395 e. The van der Waals surface area contributed by atoms with Crippen molar-refractivity contribution in [3.05, 3.63) is 35.4 Å². The number of rotatable bonds is 3. The predicted octanol–water partition coefficient (Wildman–Crippen LogP) is 2.05. The zero-order chi connectivity index (χ0) is 11.2.